The van der Waals surface area contributed by atoms with Gasteiger partial charge in [-0.3, -0.25) is 0 Å². The highest BCUT2D eigenvalue weighted by molar-refractivity contribution is 6.02. The molecule has 6 nitrogen and oxygen atoms in total. The molecule has 0 fully saturated rings. The highest BCUT2D eigenvalue weighted by atomic mass is 16.6. The van der Waals surface area contributed by atoms with E-state index in [0.29, 0.717) is 6.42 Å². The zero-order chi connectivity index (χ0) is 11.2. The van der Waals surface area contributed by atoms with Crippen LogP contribution in [0.3, 0.4) is 0 Å². The minimum atomic E-state index is -2.62. The quantitative estimate of drug-likeness (QED) is 0.294. The Morgan fingerprint density at radius 3 is 2.43 bits per heavy atom. The lowest BCUT2D eigenvalue weighted by Gasteiger charge is -2.18. The van der Waals surface area contributed by atoms with Gasteiger partial charge < -0.3 is 20.7 Å². The van der Waals surface area contributed by atoms with E-state index in [1.807, 2.05) is 6.92 Å². The second kappa shape index (κ2) is 5.56. The Balaban J connectivity index is 4.25. The van der Waals surface area contributed by atoms with Gasteiger partial charge in [-0.1, -0.05) is 13.3 Å². The lowest BCUT2D eigenvalue weighted by Crippen LogP contribution is -2.53. The van der Waals surface area contributed by atoms with Gasteiger partial charge in [0.25, 0.3) is 5.60 Å². The fraction of sp³-hybridized carbons (Fsp3) is 0.750. The van der Waals surface area contributed by atoms with Crippen LogP contribution in [0.2, 0.25) is 0 Å². The Kier molecular flexibility index (Phi) is 5.11. The summed E-state index contributed by atoms with van der Waals surface area (Å²) >= 11 is 0. The van der Waals surface area contributed by atoms with Gasteiger partial charge in [0.05, 0.1) is 6.61 Å². The Hall–Kier alpha value is -1.14. The molecule has 0 heterocycles. The first kappa shape index (κ1) is 12.9. The van der Waals surface area contributed by atoms with E-state index in [1.165, 1.54) is 0 Å². The normalized spacial score (nSPS) is 14.5. The van der Waals surface area contributed by atoms with Crippen LogP contribution in [-0.4, -0.2) is 40.9 Å². The van der Waals surface area contributed by atoms with Gasteiger partial charge in [0.1, 0.15) is 0 Å². The van der Waals surface area contributed by atoms with Crippen LogP contribution in [0.25, 0.3) is 0 Å². The van der Waals surface area contributed by atoms with Gasteiger partial charge in [0, 0.05) is 6.54 Å². The van der Waals surface area contributed by atoms with Gasteiger partial charge in [0.15, 0.2) is 0 Å². The monoisotopic (exact) mass is 205 g/mol. The van der Waals surface area contributed by atoms with Gasteiger partial charge in [-0.25, -0.2) is 9.59 Å². The second-order valence-electron chi connectivity index (χ2n) is 2.86. The molecular weight excluding hydrogens is 190 g/mol. The molecule has 0 aliphatic rings. The van der Waals surface area contributed by atoms with Gasteiger partial charge in [-0.05, 0) is 6.42 Å². The van der Waals surface area contributed by atoms with Crippen LogP contribution in [0.15, 0.2) is 0 Å². The number of rotatable bonds is 6. The van der Waals surface area contributed by atoms with Crippen LogP contribution in [0.4, 0.5) is 0 Å². The number of unbranched alkanes of at least 4 members (excludes halogenated alkanes) is 1. The lowest BCUT2D eigenvalue weighted by molar-refractivity contribution is -0.178. The highest BCUT2D eigenvalue weighted by Crippen LogP contribution is 2.06. The van der Waals surface area contributed by atoms with Crippen molar-refractivity contribution in [2.75, 3.05) is 13.2 Å². The predicted molar refractivity (Wildman–Crippen MR) is 47.5 cm³/mol. The minimum absolute atomic E-state index is 0.0882. The maximum atomic E-state index is 11.1. The summed E-state index contributed by atoms with van der Waals surface area (Å²) in [5.41, 5.74) is 2.36. The molecule has 0 aromatic heterocycles. The van der Waals surface area contributed by atoms with Gasteiger partial charge in [-0.2, -0.15) is 0 Å². The van der Waals surface area contributed by atoms with E-state index in [1.54, 1.807) is 0 Å². The molecule has 1 unspecified atom stereocenters. The van der Waals surface area contributed by atoms with Crippen molar-refractivity contribution < 1.29 is 24.5 Å². The summed E-state index contributed by atoms with van der Waals surface area (Å²) in [6.07, 6.45) is 1.42. The Bertz CT molecular complexity index is 218. The molecule has 0 aliphatic heterocycles. The van der Waals surface area contributed by atoms with Crippen LogP contribution in [0, 0.1) is 0 Å². The molecule has 0 saturated carbocycles. The lowest BCUT2D eigenvalue weighted by atomic mass is 10.1. The summed E-state index contributed by atoms with van der Waals surface area (Å²) in [5, 5.41) is 17.8. The SMILES string of the molecule is CCCCOC(=O)C(O)(CN)C(=O)O. The van der Waals surface area contributed by atoms with E-state index in [-0.39, 0.29) is 6.61 Å². The Morgan fingerprint density at radius 1 is 1.50 bits per heavy atom. The summed E-state index contributed by atoms with van der Waals surface area (Å²) in [6.45, 7) is 1.28. The number of esters is 1. The van der Waals surface area contributed by atoms with Crippen molar-refractivity contribution in [1.29, 1.82) is 0 Å². The predicted octanol–water partition coefficient (Wildman–Crippen LogP) is -0.896. The molecule has 4 N–H and O–H groups in total. The Labute approximate surface area is 81.7 Å². The number of ether oxygens (including phenoxy) is 1. The van der Waals surface area contributed by atoms with Crippen molar-refractivity contribution in [3.8, 4) is 0 Å². The van der Waals surface area contributed by atoms with E-state index in [2.05, 4.69) is 4.74 Å². The molecule has 0 saturated heterocycles. The first-order chi connectivity index (χ1) is 6.49. The molecule has 0 rings (SSSR count). The Morgan fingerprint density at radius 2 is 2.07 bits per heavy atom. The number of carbonyl (C=O) groups is 2. The van der Waals surface area contributed by atoms with Crippen molar-refractivity contribution in [3.05, 3.63) is 0 Å². The molecule has 0 amide bonds. The number of carboxylic acids is 1. The summed E-state index contributed by atoms with van der Waals surface area (Å²) in [7, 11) is 0. The first-order valence-electron chi connectivity index (χ1n) is 4.32. The number of aliphatic hydroxyl groups is 1. The molecule has 0 radical (unpaired) electrons. The fourth-order valence-corrected chi connectivity index (χ4v) is 0.687. The average molecular weight is 205 g/mol. The maximum absolute atomic E-state index is 11.1. The number of carbonyl (C=O) groups excluding carboxylic acids is 1. The van der Waals surface area contributed by atoms with Crippen LogP contribution in [0.1, 0.15) is 19.8 Å². The zero-order valence-corrected chi connectivity index (χ0v) is 8.02. The highest BCUT2D eigenvalue weighted by Gasteiger charge is 2.44. The molecule has 0 aliphatic carbocycles. The third-order valence-electron chi connectivity index (χ3n) is 1.72. The van der Waals surface area contributed by atoms with Gasteiger partial charge in [0.2, 0.25) is 0 Å². The van der Waals surface area contributed by atoms with Crippen molar-refractivity contribution in [1.82, 2.24) is 0 Å². The largest absolute Gasteiger partial charge is 0.479 e. The number of carboxylic acid groups (broad SMARTS) is 1. The second-order valence-corrected chi connectivity index (χ2v) is 2.86. The number of hydrogen-bond acceptors (Lipinski definition) is 5. The molecule has 0 spiro atoms. The van der Waals surface area contributed by atoms with Crippen molar-refractivity contribution in [2.45, 2.75) is 25.4 Å². The molecular formula is C8H15NO5. The zero-order valence-electron chi connectivity index (χ0n) is 8.02. The summed E-state index contributed by atoms with van der Waals surface area (Å²) in [4.78, 5) is 21.6. The van der Waals surface area contributed by atoms with E-state index in [0.717, 1.165) is 6.42 Å². The van der Waals surface area contributed by atoms with Crippen LogP contribution in [0.5, 0.6) is 0 Å². The summed E-state index contributed by atoms with van der Waals surface area (Å²) in [5.74, 6) is -2.90. The average Bonchev–Trinajstić information content (AvgIpc) is 2.16. The third-order valence-corrected chi connectivity index (χ3v) is 1.72. The molecule has 0 bridgehead atoms. The molecule has 82 valence electrons. The summed E-state index contributed by atoms with van der Waals surface area (Å²) in [6, 6.07) is 0. The topological polar surface area (TPSA) is 110 Å². The standard InChI is InChI=1S/C8H15NO5/c1-2-3-4-14-7(12)8(13,5-9)6(10)11/h13H,2-5,9H2,1H3,(H,10,11). The van der Waals surface area contributed by atoms with Crippen LogP contribution in [-0.2, 0) is 14.3 Å². The van der Waals surface area contributed by atoms with E-state index in [4.69, 9.17) is 10.8 Å². The van der Waals surface area contributed by atoms with Gasteiger partial charge >= 0.3 is 11.9 Å². The minimum Gasteiger partial charge on any atom is -0.479 e. The maximum Gasteiger partial charge on any atom is 0.351 e. The van der Waals surface area contributed by atoms with Gasteiger partial charge in [-0.15, -0.1) is 0 Å². The number of hydrogen-bond donors (Lipinski definition) is 3. The summed E-state index contributed by atoms with van der Waals surface area (Å²) < 4.78 is 4.55. The number of nitrogens with two attached hydrogens (primary N) is 1. The van der Waals surface area contributed by atoms with Crippen LogP contribution >= 0.6 is 0 Å². The van der Waals surface area contributed by atoms with Crippen molar-refractivity contribution >= 4 is 11.9 Å². The molecule has 0 aromatic carbocycles. The first-order valence-corrected chi connectivity index (χ1v) is 4.32. The molecule has 6 heteroatoms. The van der Waals surface area contributed by atoms with Crippen molar-refractivity contribution in [2.24, 2.45) is 5.73 Å². The third kappa shape index (κ3) is 2.97. The number of aliphatic carboxylic acids is 1. The molecule has 14 heavy (non-hydrogen) atoms. The molecule has 0 aromatic rings. The van der Waals surface area contributed by atoms with Crippen LogP contribution < -0.4 is 5.73 Å². The van der Waals surface area contributed by atoms with E-state index in [9.17, 15) is 14.7 Å². The van der Waals surface area contributed by atoms with E-state index >= 15 is 0 Å². The van der Waals surface area contributed by atoms with E-state index < -0.39 is 24.1 Å². The fourth-order valence-electron chi connectivity index (χ4n) is 0.687. The smallest absolute Gasteiger partial charge is 0.351 e. The molecule has 1 atom stereocenters. The van der Waals surface area contributed by atoms with Crippen molar-refractivity contribution in [3.63, 3.8) is 0 Å².